The van der Waals surface area contributed by atoms with Gasteiger partial charge in [-0.15, -0.1) is 0 Å². The summed E-state index contributed by atoms with van der Waals surface area (Å²) in [6, 6.07) is 4.13. The molecule has 1 saturated heterocycles. The molecule has 21 heavy (non-hydrogen) atoms. The monoisotopic (exact) mass is 293 g/mol. The van der Waals surface area contributed by atoms with E-state index in [2.05, 4.69) is 5.32 Å². The van der Waals surface area contributed by atoms with E-state index in [9.17, 15) is 14.9 Å². The number of urea groups is 1. The highest BCUT2D eigenvalue weighted by molar-refractivity contribution is 5.90. The molecule has 1 aliphatic heterocycles. The zero-order chi connectivity index (χ0) is 15.6. The number of hydrogen-bond donors (Lipinski definition) is 1. The number of methoxy groups -OCH3 is 1. The van der Waals surface area contributed by atoms with Crippen molar-refractivity contribution < 1.29 is 14.5 Å². The molecule has 2 rings (SSSR count). The Hall–Kier alpha value is -2.31. The molecule has 0 aliphatic carbocycles. The number of nitrogens with one attached hydrogen (secondary N) is 1. The molecule has 0 radical (unpaired) electrons. The Morgan fingerprint density at radius 1 is 1.48 bits per heavy atom. The first-order valence-corrected chi connectivity index (χ1v) is 6.76. The minimum absolute atomic E-state index is 0.166. The minimum Gasteiger partial charge on any atom is -0.490 e. The van der Waals surface area contributed by atoms with Crippen LogP contribution in [0.15, 0.2) is 18.2 Å². The van der Waals surface area contributed by atoms with E-state index in [1.54, 1.807) is 11.0 Å². The van der Waals surface area contributed by atoms with Crippen LogP contribution in [0, 0.1) is 10.1 Å². The van der Waals surface area contributed by atoms with Gasteiger partial charge in [0, 0.05) is 23.8 Å². The normalized spacial score (nSPS) is 16.6. The quantitative estimate of drug-likeness (QED) is 0.685. The fourth-order valence-corrected chi connectivity index (χ4v) is 2.59. The Bertz CT molecular complexity index is 571. The van der Waals surface area contributed by atoms with Crippen molar-refractivity contribution in [2.45, 2.75) is 32.2 Å². The number of likely N-dealkylation sites (tertiary alicyclic amines) is 1. The maximum atomic E-state index is 12.3. The third kappa shape index (κ3) is 3.07. The van der Waals surface area contributed by atoms with Crippen molar-refractivity contribution >= 4 is 17.4 Å². The summed E-state index contributed by atoms with van der Waals surface area (Å²) in [5.41, 5.74) is 0.0221. The third-order valence-corrected chi connectivity index (χ3v) is 3.77. The highest BCUT2D eigenvalue weighted by atomic mass is 16.6. The molecule has 0 aromatic heterocycles. The molecule has 1 aliphatic rings. The predicted molar refractivity (Wildman–Crippen MR) is 78.7 cm³/mol. The number of carbonyl (C=O) groups excluding carboxylic acids is 1. The van der Waals surface area contributed by atoms with Crippen molar-refractivity contribution in [3.8, 4) is 5.75 Å². The standard InChI is InChI=1S/C14H19N3O4/c1-14(2)7-4-8-16(14)13(18)15-10-5-6-12(21-3)11(9-10)17(19)20/h5-6,9H,4,7-8H2,1-3H3,(H,15,18). The summed E-state index contributed by atoms with van der Waals surface area (Å²) < 4.78 is 4.93. The van der Waals surface area contributed by atoms with E-state index in [0.717, 1.165) is 12.8 Å². The molecule has 1 heterocycles. The highest BCUT2D eigenvalue weighted by Crippen LogP contribution is 2.31. The van der Waals surface area contributed by atoms with Gasteiger partial charge in [0.2, 0.25) is 0 Å². The smallest absolute Gasteiger partial charge is 0.322 e. The van der Waals surface area contributed by atoms with Crippen LogP contribution in [0.1, 0.15) is 26.7 Å². The topological polar surface area (TPSA) is 84.7 Å². The van der Waals surface area contributed by atoms with Crippen molar-refractivity contribution in [3.63, 3.8) is 0 Å². The van der Waals surface area contributed by atoms with Gasteiger partial charge in [-0.05, 0) is 38.8 Å². The second kappa shape index (κ2) is 5.59. The first-order valence-electron chi connectivity index (χ1n) is 6.76. The number of nitro groups is 1. The molecular weight excluding hydrogens is 274 g/mol. The lowest BCUT2D eigenvalue weighted by Crippen LogP contribution is -2.44. The molecule has 1 N–H and O–H groups in total. The van der Waals surface area contributed by atoms with E-state index in [1.165, 1.54) is 19.2 Å². The average molecular weight is 293 g/mol. The van der Waals surface area contributed by atoms with Crippen molar-refractivity contribution in [1.29, 1.82) is 0 Å². The van der Waals surface area contributed by atoms with Gasteiger partial charge in [-0.25, -0.2) is 4.79 Å². The zero-order valence-corrected chi connectivity index (χ0v) is 12.4. The fourth-order valence-electron chi connectivity index (χ4n) is 2.59. The molecule has 0 unspecified atom stereocenters. The molecule has 1 aromatic carbocycles. The van der Waals surface area contributed by atoms with Crippen molar-refractivity contribution in [3.05, 3.63) is 28.3 Å². The lowest BCUT2D eigenvalue weighted by Gasteiger charge is -2.31. The summed E-state index contributed by atoms with van der Waals surface area (Å²) in [5.74, 6) is 0.166. The van der Waals surface area contributed by atoms with Gasteiger partial charge in [0.1, 0.15) is 0 Å². The van der Waals surface area contributed by atoms with Crippen LogP contribution in [0.3, 0.4) is 0 Å². The molecule has 0 atom stereocenters. The molecule has 0 spiro atoms. The second-order valence-electron chi connectivity index (χ2n) is 5.64. The number of ether oxygens (including phenoxy) is 1. The third-order valence-electron chi connectivity index (χ3n) is 3.77. The van der Waals surface area contributed by atoms with E-state index in [0.29, 0.717) is 12.2 Å². The van der Waals surface area contributed by atoms with Crippen LogP contribution in [0.4, 0.5) is 16.2 Å². The predicted octanol–water partition coefficient (Wildman–Crippen LogP) is 3.01. The number of amides is 2. The number of nitrogens with zero attached hydrogens (tertiary/aromatic N) is 2. The highest BCUT2D eigenvalue weighted by Gasteiger charge is 2.35. The van der Waals surface area contributed by atoms with Gasteiger partial charge in [0.15, 0.2) is 5.75 Å². The average Bonchev–Trinajstić information content (AvgIpc) is 2.78. The molecule has 7 heteroatoms. The Morgan fingerprint density at radius 3 is 2.71 bits per heavy atom. The molecule has 2 amide bonds. The van der Waals surface area contributed by atoms with Gasteiger partial charge in [-0.2, -0.15) is 0 Å². The van der Waals surface area contributed by atoms with Gasteiger partial charge in [-0.3, -0.25) is 10.1 Å². The number of rotatable bonds is 3. The first kappa shape index (κ1) is 15.1. The van der Waals surface area contributed by atoms with E-state index in [-0.39, 0.29) is 23.0 Å². The van der Waals surface area contributed by atoms with E-state index >= 15 is 0 Å². The molecule has 1 fully saturated rings. The Labute approximate surface area is 123 Å². The summed E-state index contributed by atoms with van der Waals surface area (Å²) >= 11 is 0. The summed E-state index contributed by atoms with van der Waals surface area (Å²) in [5, 5.41) is 13.7. The van der Waals surface area contributed by atoms with Crippen molar-refractivity contribution in [1.82, 2.24) is 4.90 Å². The van der Waals surface area contributed by atoms with Crippen molar-refractivity contribution in [2.75, 3.05) is 19.0 Å². The van der Waals surface area contributed by atoms with Crippen LogP contribution in [0.2, 0.25) is 0 Å². The number of carbonyl (C=O) groups is 1. The van der Waals surface area contributed by atoms with Crippen LogP contribution in [0.25, 0.3) is 0 Å². The SMILES string of the molecule is COc1ccc(NC(=O)N2CCCC2(C)C)cc1[N+](=O)[O-]. The fraction of sp³-hybridized carbons (Fsp3) is 0.500. The molecule has 7 nitrogen and oxygen atoms in total. The van der Waals surface area contributed by atoms with Gasteiger partial charge in [0.25, 0.3) is 0 Å². The number of hydrogen-bond acceptors (Lipinski definition) is 4. The molecule has 114 valence electrons. The second-order valence-corrected chi connectivity index (χ2v) is 5.64. The summed E-state index contributed by atoms with van der Waals surface area (Å²) in [7, 11) is 1.37. The van der Waals surface area contributed by atoms with Gasteiger partial charge in [0.05, 0.1) is 12.0 Å². The molecular formula is C14H19N3O4. The van der Waals surface area contributed by atoms with Gasteiger partial charge in [-0.1, -0.05) is 0 Å². The summed E-state index contributed by atoms with van der Waals surface area (Å²) in [6.07, 6.45) is 1.91. The Balaban J connectivity index is 2.18. The van der Waals surface area contributed by atoms with Crippen LogP contribution < -0.4 is 10.1 Å². The molecule has 0 bridgehead atoms. The molecule has 1 aromatic rings. The van der Waals surface area contributed by atoms with Crippen molar-refractivity contribution in [2.24, 2.45) is 0 Å². The minimum atomic E-state index is -0.533. The van der Waals surface area contributed by atoms with Crippen LogP contribution in [-0.4, -0.2) is 35.0 Å². The van der Waals surface area contributed by atoms with E-state index in [4.69, 9.17) is 4.74 Å². The number of benzene rings is 1. The lowest BCUT2D eigenvalue weighted by atomic mass is 10.0. The Morgan fingerprint density at radius 2 is 2.19 bits per heavy atom. The number of anilines is 1. The largest absolute Gasteiger partial charge is 0.490 e. The van der Waals surface area contributed by atoms with Crippen LogP contribution in [-0.2, 0) is 0 Å². The van der Waals surface area contributed by atoms with Crippen LogP contribution in [0.5, 0.6) is 5.75 Å². The first-order chi connectivity index (χ1) is 9.85. The maximum Gasteiger partial charge on any atom is 0.322 e. The Kier molecular flexibility index (Phi) is 4.02. The lowest BCUT2D eigenvalue weighted by molar-refractivity contribution is -0.385. The number of nitro benzene ring substituents is 1. The maximum absolute atomic E-state index is 12.3. The van der Waals surface area contributed by atoms with E-state index in [1.807, 2.05) is 13.8 Å². The zero-order valence-electron chi connectivity index (χ0n) is 12.4. The van der Waals surface area contributed by atoms with Crippen LogP contribution >= 0.6 is 0 Å². The van der Waals surface area contributed by atoms with E-state index < -0.39 is 4.92 Å². The summed E-state index contributed by atoms with van der Waals surface area (Å²) in [6.45, 7) is 4.71. The molecule has 0 saturated carbocycles. The van der Waals surface area contributed by atoms with Gasteiger partial charge < -0.3 is 15.0 Å². The van der Waals surface area contributed by atoms with Gasteiger partial charge >= 0.3 is 11.7 Å². The summed E-state index contributed by atoms with van der Waals surface area (Å²) in [4.78, 5) is 24.5.